The third-order valence-corrected chi connectivity index (χ3v) is 10.6. The highest BCUT2D eigenvalue weighted by molar-refractivity contribution is 6.72. The van der Waals surface area contributed by atoms with E-state index >= 15 is 4.11 Å². The number of carbonyl (C=O) groups excluding carboxylic acids is 2. The normalized spacial score (nSPS) is 24.3. The third kappa shape index (κ3) is 4.91. The Kier molecular flexibility index (Phi) is 7.41. The monoisotopic (exact) mass is 566 g/mol. The van der Waals surface area contributed by atoms with Crippen molar-refractivity contribution in [1.29, 1.82) is 0 Å². The average Bonchev–Trinajstić information content (AvgIpc) is 3.32. The van der Waals surface area contributed by atoms with Gasteiger partial charge in [0.05, 0.1) is 18.3 Å². The number of hydrogen-bond acceptors (Lipinski definition) is 4. The first-order valence-corrected chi connectivity index (χ1v) is 16.4. The van der Waals surface area contributed by atoms with Crippen LogP contribution < -0.4 is 10.2 Å². The molecular weight excluding hydrogens is 535 g/mol. The summed E-state index contributed by atoms with van der Waals surface area (Å²) in [5.74, 6) is -0.895. The number of rotatable bonds is 7. The van der Waals surface area contributed by atoms with Crippen LogP contribution in [-0.2, 0) is 21.7 Å². The molecule has 0 bridgehead atoms. The first kappa shape index (κ1) is 27.5. The summed E-state index contributed by atoms with van der Waals surface area (Å²) in [4.78, 5) is 28.4. The summed E-state index contributed by atoms with van der Waals surface area (Å²) in [6.45, 7) is 5.27. The zero-order valence-corrected chi connectivity index (χ0v) is 23.9. The van der Waals surface area contributed by atoms with E-state index in [0.717, 1.165) is 5.56 Å². The Hall–Kier alpha value is -3.04. The molecule has 3 aromatic rings. The summed E-state index contributed by atoms with van der Waals surface area (Å²) in [7, 11) is -3.26. The molecule has 0 saturated carbocycles. The van der Waals surface area contributed by atoms with Crippen molar-refractivity contribution in [3.05, 3.63) is 94.5 Å². The predicted molar refractivity (Wildman–Crippen MR) is 153 cm³/mol. The Balaban J connectivity index is 1.43. The second-order valence-corrected chi connectivity index (χ2v) is 15.1. The lowest BCUT2D eigenvalue weighted by Crippen LogP contribution is -2.45. The number of amides is 2. The maximum absolute atomic E-state index is 15.6. The van der Waals surface area contributed by atoms with Gasteiger partial charge in [-0.2, -0.15) is 0 Å². The fourth-order valence-electron chi connectivity index (χ4n) is 6.24. The number of anilines is 2. The molecule has 0 radical (unpaired) electrons. The minimum atomic E-state index is -3.26. The fourth-order valence-corrected chi connectivity index (χ4v) is 8.96. The van der Waals surface area contributed by atoms with Gasteiger partial charge >= 0.3 is 0 Å². The van der Waals surface area contributed by atoms with Crippen molar-refractivity contribution in [2.45, 2.75) is 50.2 Å². The summed E-state index contributed by atoms with van der Waals surface area (Å²) in [6.07, 6.45) is -0.309. The van der Waals surface area contributed by atoms with Gasteiger partial charge in [-0.15, -0.1) is 0 Å². The largest absolute Gasteiger partial charge is 0.396 e. The summed E-state index contributed by atoms with van der Waals surface area (Å²) < 4.78 is 22.1. The minimum absolute atomic E-state index is 0.151. The zero-order chi connectivity index (χ0) is 27.9. The molecule has 5 rings (SSSR count). The first-order chi connectivity index (χ1) is 18.6. The highest BCUT2D eigenvalue weighted by atomic mass is 35.5. The van der Waals surface area contributed by atoms with E-state index in [-0.39, 0.29) is 31.4 Å². The number of fused-ring (bicyclic) bond motifs is 2. The lowest BCUT2D eigenvalue weighted by molar-refractivity contribution is -0.146. The van der Waals surface area contributed by atoms with E-state index in [4.69, 9.17) is 16.3 Å². The molecule has 2 heterocycles. The van der Waals surface area contributed by atoms with Crippen LogP contribution >= 0.6 is 11.6 Å². The molecule has 6 nitrogen and oxygen atoms in total. The fraction of sp³-hybridized carbons (Fsp3) is 0.333. The molecule has 1 saturated heterocycles. The van der Waals surface area contributed by atoms with E-state index < -0.39 is 31.6 Å². The maximum atomic E-state index is 15.6. The lowest BCUT2D eigenvalue weighted by Gasteiger charge is -2.31. The molecule has 204 valence electrons. The number of hydrogen-bond donors (Lipinski definition) is 2. The molecule has 2 N–H and O–H groups in total. The van der Waals surface area contributed by atoms with Crippen LogP contribution in [0.1, 0.15) is 34.8 Å². The van der Waals surface area contributed by atoms with Crippen molar-refractivity contribution in [2.24, 2.45) is 5.92 Å². The van der Waals surface area contributed by atoms with Crippen LogP contribution in [0.5, 0.6) is 0 Å². The Morgan fingerprint density at radius 2 is 1.82 bits per heavy atom. The zero-order valence-electron chi connectivity index (χ0n) is 22.2. The minimum Gasteiger partial charge on any atom is -0.396 e. The average molecular weight is 567 g/mol. The Bertz CT molecular complexity index is 1380. The van der Waals surface area contributed by atoms with Gasteiger partial charge in [0.1, 0.15) is 0 Å². The Morgan fingerprint density at radius 3 is 2.46 bits per heavy atom. The van der Waals surface area contributed by atoms with Crippen molar-refractivity contribution in [3.8, 4) is 0 Å². The molecule has 2 aliphatic heterocycles. The lowest BCUT2D eigenvalue weighted by atomic mass is 9.82. The van der Waals surface area contributed by atoms with E-state index in [1.165, 1.54) is 0 Å². The first-order valence-electron chi connectivity index (χ1n) is 13.1. The van der Waals surface area contributed by atoms with E-state index in [1.54, 1.807) is 60.5 Å². The topological polar surface area (TPSA) is 78.9 Å². The highest BCUT2D eigenvalue weighted by Gasteiger charge is 2.66. The molecule has 2 aliphatic rings. The molecule has 0 aliphatic carbocycles. The summed E-state index contributed by atoms with van der Waals surface area (Å²) in [5.41, 5.74) is 1.54. The van der Waals surface area contributed by atoms with Crippen LogP contribution in [0.2, 0.25) is 23.7 Å². The highest BCUT2D eigenvalue weighted by Crippen LogP contribution is 2.60. The number of nitrogens with zero attached hydrogens (tertiary/aromatic N) is 1. The third-order valence-electron chi connectivity index (χ3n) is 7.92. The summed E-state index contributed by atoms with van der Waals surface area (Å²) in [6, 6.07) is 21.6. The number of aliphatic hydroxyl groups is 1. The van der Waals surface area contributed by atoms with Gasteiger partial charge in [0.15, 0.2) is 5.60 Å². The number of halogens is 2. The van der Waals surface area contributed by atoms with Crippen molar-refractivity contribution >= 4 is 43.2 Å². The molecule has 0 unspecified atom stereocenters. The molecule has 1 fully saturated rings. The maximum Gasteiger partial charge on any atom is 0.264 e. The van der Waals surface area contributed by atoms with Crippen LogP contribution in [-0.4, -0.2) is 38.0 Å². The van der Waals surface area contributed by atoms with E-state index in [2.05, 4.69) is 5.32 Å². The molecule has 9 heteroatoms. The van der Waals surface area contributed by atoms with Crippen LogP contribution in [0.4, 0.5) is 15.5 Å². The standard InChI is InChI=1S/C30H32ClFN2O4Si/c1-19-27(39(2,3)32)26(15-16-35)38-30(19)24-17-22(31)11-14-25(24)34(29(30)37)18-20-9-12-23(13-10-20)33-28(36)21-7-5-4-6-8-21/h4-14,17,19,26-27,35H,15-16,18H2,1-3H3,(H,33,36)/t19-,26+,27-,30+/m1/s1. The van der Waals surface area contributed by atoms with Gasteiger partial charge in [0.2, 0.25) is 8.41 Å². The van der Waals surface area contributed by atoms with Gasteiger partial charge in [-0.3, -0.25) is 9.59 Å². The number of ether oxygens (including phenoxy) is 1. The smallest absolute Gasteiger partial charge is 0.264 e. The van der Waals surface area contributed by atoms with Gasteiger partial charge in [-0.25, -0.2) is 0 Å². The second kappa shape index (κ2) is 10.5. The predicted octanol–water partition coefficient (Wildman–Crippen LogP) is 6.30. The molecule has 1 spiro atoms. The molecular formula is C30H32ClFN2O4Si. The Morgan fingerprint density at radius 1 is 1.13 bits per heavy atom. The number of benzene rings is 3. The quantitative estimate of drug-likeness (QED) is 0.260. The van der Waals surface area contributed by atoms with E-state index in [9.17, 15) is 14.7 Å². The second-order valence-electron chi connectivity index (χ2n) is 10.9. The summed E-state index contributed by atoms with van der Waals surface area (Å²) in [5, 5.41) is 13.0. The van der Waals surface area contributed by atoms with Crippen molar-refractivity contribution < 1.29 is 23.5 Å². The summed E-state index contributed by atoms with van der Waals surface area (Å²) >= 11 is 6.39. The van der Waals surface area contributed by atoms with Gasteiger partial charge in [-0.05, 0) is 67.5 Å². The van der Waals surface area contributed by atoms with Crippen LogP contribution in [0, 0.1) is 5.92 Å². The molecule has 2 amide bonds. The van der Waals surface area contributed by atoms with Crippen molar-refractivity contribution in [3.63, 3.8) is 0 Å². The van der Waals surface area contributed by atoms with Crippen LogP contribution in [0.15, 0.2) is 72.8 Å². The number of aliphatic hydroxyl groups excluding tert-OH is 1. The molecule has 39 heavy (non-hydrogen) atoms. The van der Waals surface area contributed by atoms with Gasteiger partial charge in [-0.1, -0.05) is 48.9 Å². The van der Waals surface area contributed by atoms with Gasteiger partial charge in [0.25, 0.3) is 11.8 Å². The van der Waals surface area contributed by atoms with Gasteiger partial charge < -0.3 is 24.2 Å². The number of nitrogens with one attached hydrogen (secondary N) is 1. The van der Waals surface area contributed by atoms with E-state index in [1.807, 2.05) is 37.3 Å². The molecule has 3 aromatic carbocycles. The Labute approximate surface area is 233 Å². The number of carbonyl (C=O) groups is 2. The van der Waals surface area contributed by atoms with Gasteiger partial charge in [0, 0.05) is 39.9 Å². The molecule has 0 aromatic heterocycles. The van der Waals surface area contributed by atoms with E-state index in [0.29, 0.717) is 27.5 Å². The SMILES string of the molecule is C[C@@H]1[C@@H]([Si](C)(C)F)[C@H](CCO)O[C@@]12C(=O)N(Cc1ccc(NC(=O)c3ccccc3)cc1)c1ccc(Cl)cc12. The van der Waals surface area contributed by atoms with Crippen molar-refractivity contribution in [1.82, 2.24) is 0 Å². The van der Waals surface area contributed by atoms with Crippen LogP contribution in [0.3, 0.4) is 0 Å². The molecule has 4 atom stereocenters. The van der Waals surface area contributed by atoms with Crippen LogP contribution in [0.25, 0.3) is 0 Å². The van der Waals surface area contributed by atoms with Crippen molar-refractivity contribution in [2.75, 3.05) is 16.8 Å².